The van der Waals surface area contributed by atoms with Crippen LogP contribution >= 0.6 is 15.6 Å². The first-order valence-electron chi connectivity index (χ1n) is 57.7. The number of nitrogens with one attached hydrogen (secondary N) is 2. The average molecular weight is 2040 g/mol. The lowest BCUT2D eigenvalue weighted by atomic mass is 9.95. The standard InChI is InChI=1S/C110H208N2O26P2/c1-8-15-22-29-36-43-45-46-48-55-62-68-75-82-98(117)130-91(78-71-64-57-50-39-32-25-18-11-4)85-96(115)111-103-107(135-101(120)84-90(114)77-70-63-56-49-38-31-24-17-10-3)105(122)95(134-110(103)138-140(126,127)128)89-129-109-104(112-97(116)86-92(79-72-65-58-51-40-33-26-19-12-5)131-99(118)81-74-67-60-53-42-35-28-21-14-7)108(106(94(88-113)133-109)137-139(123,124)125)136-102(121)87-93(80-73-66-59-52-41-34-27-20-13-6)132-100(119)83-76-69-61-54-47-44-37-30-23-16-9-2/h90-95,103-110,113-114,122H,8-89H2,1-7H3,(H,111,115)(H,112,116)(H2,123,124,125)(H2,126,127,128)/t90?,91?,92?,93?,94?,95?,103?,104?,105-,106-,107-,108-,109-,110-/m1/s1. The number of hydrogen-bond acceptors (Lipinski definition) is 22. The molecule has 0 spiro atoms. The van der Waals surface area contributed by atoms with Gasteiger partial charge in [-0.1, -0.05) is 453 Å². The first kappa shape index (κ1) is 132. The van der Waals surface area contributed by atoms with Gasteiger partial charge in [0, 0.05) is 19.3 Å². The van der Waals surface area contributed by atoms with Crippen molar-refractivity contribution in [2.45, 2.75) is 648 Å². The number of carbonyl (C=O) groups is 7. The van der Waals surface area contributed by atoms with E-state index < -0.39 is 182 Å². The molecule has 0 aromatic rings. The third-order valence-electron chi connectivity index (χ3n) is 27.6. The van der Waals surface area contributed by atoms with Gasteiger partial charge in [-0.3, -0.25) is 42.6 Å². The molecule has 0 aliphatic carbocycles. The summed E-state index contributed by atoms with van der Waals surface area (Å²) in [5.41, 5.74) is 0. The van der Waals surface area contributed by atoms with E-state index in [2.05, 4.69) is 59.1 Å². The average Bonchev–Trinajstić information content (AvgIpc) is 0.778. The van der Waals surface area contributed by atoms with Crippen LogP contribution in [0.25, 0.3) is 0 Å². The number of phosphoric ester groups is 2. The third-order valence-corrected chi connectivity index (χ3v) is 28.6. The zero-order valence-corrected chi connectivity index (χ0v) is 91.1. The summed E-state index contributed by atoms with van der Waals surface area (Å²) in [5.74, 6) is -5.54. The smallest absolute Gasteiger partial charge is 0.462 e. The fourth-order valence-corrected chi connectivity index (χ4v) is 20.2. The van der Waals surface area contributed by atoms with E-state index in [-0.39, 0.29) is 44.9 Å². The molecule has 0 aromatic heterocycles. The van der Waals surface area contributed by atoms with E-state index in [1.165, 1.54) is 103 Å². The first-order chi connectivity index (χ1) is 67.7. The fourth-order valence-electron chi connectivity index (χ4n) is 19.2. The molecule has 2 rings (SSSR count). The molecular formula is C110H208N2O26P2. The predicted octanol–water partition coefficient (Wildman–Crippen LogP) is 26.6. The number of ether oxygens (including phenoxy) is 8. The lowest BCUT2D eigenvalue weighted by Crippen LogP contribution is -2.68. The maximum Gasteiger partial charge on any atom is 0.472 e. The Morgan fingerprint density at radius 2 is 0.543 bits per heavy atom. The summed E-state index contributed by atoms with van der Waals surface area (Å²) in [7, 11) is -11.5. The van der Waals surface area contributed by atoms with Crippen molar-refractivity contribution in [2.75, 3.05) is 13.2 Å². The van der Waals surface area contributed by atoms with Crippen LogP contribution in [0.2, 0.25) is 0 Å². The van der Waals surface area contributed by atoms with Crippen LogP contribution in [0, 0.1) is 0 Å². The normalized spacial score (nSPS) is 19.3. The largest absolute Gasteiger partial charge is 0.472 e. The summed E-state index contributed by atoms with van der Waals surface area (Å²) >= 11 is 0. The quantitative estimate of drug-likeness (QED) is 0.0118. The van der Waals surface area contributed by atoms with Crippen molar-refractivity contribution < 1.29 is 125 Å². The van der Waals surface area contributed by atoms with E-state index in [4.69, 9.17) is 46.9 Å². The summed E-state index contributed by atoms with van der Waals surface area (Å²) in [6, 6.07) is -3.92. The molecule has 824 valence electrons. The number of aliphatic hydroxyl groups is 3. The van der Waals surface area contributed by atoms with Gasteiger partial charge in [-0.25, -0.2) is 9.13 Å². The molecule has 9 N–H and O–H groups in total. The zero-order chi connectivity index (χ0) is 103. The van der Waals surface area contributed by atoms with Crippen molar-refractivity contribution in [3.05, 3.63) is 0 Å². The molecule has 2 aliphatic rings. The lowest BCUT2D eigenvalue weighted by molar-refractivity contribution is -0.297. The van der Waals surface area contributed by atoms with Crippen LogP contribution in [0.3, 0.4) is 0 Å². The molecule has 0 aromatic carbocycles. The number of carbonyl (C=O) groups excluding carboxylic acids is 7. The Morgan fingerprint density at radius 3 is 0.836 bits per heavy atom. The summed E-state index contributed by atoms with van der Waals surface area (Å²) in [6.45, 7) is 13.1. The molecular weight excluding hydrogens is 1830 g/mol. The number of rotatable bonds is 99. The van der Waals surface area contributed by atoms with Gasteiger partial charge in [0.2, 0.25) is 11.8 Å². The van der Waals surface area contributed by atoms with E-state index in [0.29, 0.717) is 44.9 Å². The fraction of sp³-hybridized carbons (Fsp3) is 0.936. The van der Waals surface area contributed by atoms with Crippen LogP contribution in [-0.2, 0) is 89.6 Å². The van der Waals surface area contributed by atoms with E-state index >= 15 is 9.59 Å². The number of phosphoric acid groups is 2. The van der Waals surface area contributed by atoms with Crippen LogP contribution in [-0.4, -0.2) is 175 Å². The molecule has 0 bridgehead atoms. The Morgan fingerprint density at radius 1 is 0.293 bits per heavy atom. The van der Waals surface area contributed by atoms with Gasteiger partial charge in [0.05, 0.1) is 45.0 Å². The summed E-state index contributed by atoms with van der Waals surface area (Å²) in [4.78, 5) is 145. The molecule has 2 fully saturated rings. The van der Waals surface area contributed by atoms with E-state index in [1.807, 2.05) is 0 Å². The maximum atomic E-state index is 15.3. The van der Waals surface area contributed by atoms with Crippen molar-refractivity contribution in [1.29, 1.82) is 0 Å². The van der Waals surface area contributed by atoms with E-state index in [9.17, 15) is 68.0 Å². The summed E-state index contributed by atoms with van der Waals surface area (Å²) < 4.78 is 87.6. The van der Waals surface area contributed by atoms with Gasteiger partial charge in [-0.2, -0.15) is 0 Å². The molecule has 30 heteroatoms. The topological polar surface area (TPSA) is 412 Å². The van der Waals surface area contributed by atoms with Crippen LogP contribution in [0.5, 0.6) is 0 Å². The molecule has 8 unspecified atom stereocenters. The molecule has 2 heterocycles. The van der Waals surface area contributed by atoms with Crippen LogP contribution in [0.15, 0.2) is 0 Å². The van der Waals surface area contributed by atoms with Crippen molar-refractivity contribution in [3.63, 3.8) is 0 Å². The minimum atomic E-state index is -5.75. The molecule has 2 saturated heterocycles. The number of amides is 2. The monoisotopic (exact) mass is 2040 g/mol. The Balaban J connectivity index is 2.93. The molecule has 0 radical (unpaired) electrons. The second-order valence-electron chi connectivity index (χ2n) is 41.0. The predicted molar refractivity (Wildman–Crippen MR) is 555 cm³/mol. The van der Waals surface area contributed by atoms with Gasteiger partial charge in [0.1, 0.15) is 54.8 Å². The molecule has 28 nitrogen and oxygen atoms in total. The van der Waals surface area contributed by atoms with Crippen molar-refractivity contribution in [1.82, 2.24) is 10.6 Å². The van der Waals surface area contributed by atoms with Gasteiger partial charge in [0.25, 0.3) is 0 Å². The van der Waals surface area contributed by atoms with Gasteiger partial charge >= 0.3 is 45.5 Å². The Hall–Kier alpha value is -3.73. The summed E-state index contributed by atoms with van der Waals surface area (Å²) in [5, 5.41) is 41.2. The number of hydrogen-bond donors (Lipinski definition) is 9. The summed E-state index contributed by atoms with van der Waals surface area (Å²) in [6.07, 6.45) is 48.1. The van der Waals surface area contributed by atoms with Gasteiger partial charge < -0.3 is 83.4 Å². The van der Waals surface area contributed by atoms with Crippen molar-refractivity contribution >= 4 is 57.3 Å². The SMILES string of the molecule is CCCCCCCCCCCCCCCC(=O)OC(CCCCCCCCCCC)CC(=O)NC1[C@@H](OP(=O)(O)O)OC(CO[C@@H]2OC(CO)[C@@H](OP(=O)(O)O)[C@H](OC(=O)CC(CCCCCCCCCCC)OC(=O)CCCCCCCCCCCCC)C2NC(=O)CC(CCCCCCCCCCC)OC(=O)CCCCCCCCCCC)[C@@H](O)[C@@H]1OC(=O)CC(O)CCCCCCCCCCC. The van der Waals surface area contributed by atoms with E-state index in [1.54, 1.807) is 0 Å². The molecule has 2 amide bonds. The highest BCUT2D eigenvalue weighted by Gasteiger charge is 2.55. The number of unbranched alkanes of at least 4 members (excludes halogenated alkanes) is 62. The number of aliphatic hydroxyl groups excluding tert-OH is 3. The third kappa shape index (κ3) is 73.4. The highest BCUT2D eigenvalue weighted by molar-refractivity contribution is 7.46. The van der Waals surface area contributed by atoms with Crippen LogP contribution < -0.4 is 10.6 Å². The highest BCUT2D eigenvalue weighted by atomic mass is 31.2. The highest BCUT2D eigenvalue weighted by Crippen LogP contribution is 2.44. The Kier molecular flexibility index (Phi) is 84.4. The second kappa shape index (κ2) is 89.3. The zero-order valence-electron chi connectivity index (χ0n) is 89.3. The van der Waals surface area contributed by atoms with Crippen molar-refractivity contribution in [3.8, 4) is 0 Å². The van der Waals surface area contributed by atoms with Gasteiger partial charge in [-0.05, 0) is 64.2 Å². The Bertz CT molecular complexity index is 3100. The lowest BCUT2D eigenvalue weighted by Gasteiger charge is -2.47. The van der Waals surface area contributed by atoms with Crippen LogP contribution in [0.1, 0.15) is 562 Å². The van der Waals surface area contributed by atoms with Gasteiger partial charge in [0.15, 0.2) is 24.8 Å². The molecule has 0 saturated carbocycles. The number of esters is 5. The van der Waals surface area contributed by atoms with Crippen LogP contribution in [0.4, 0.5) is 0 Å². The van der Waals surface area contributed by atoms with E-state index in [0.717, 1.165) is 295 Å². The maximum absolute atomic E-state index is 15.3. The minimum absolute atomic E-state index is 0.0727. The minimum Gasteiger partial charge on any atom is -0.462 e. The Labute approximate surface area is 849 Å². The second-order valence-corrected chi connectivity index (χ2v) is 43.4. The van der Waals surface area contributed by atoms with Gasteiger partial charge in [-0.15, -0.1) is 0 Å². The molecule has 2 aliphatic heterocycles. The molecule has 14 atom stereocenters. The first-order valence-corrected chi connectivity index (χ1v) is 60.7. The van der Waals surface area contributed by atoms with Crippen molar-refractivity contribution in [2.24, 2.45) is 0 Å². The molecule has 140 heavy (non-hydrogen) atoms.